The molecule has 15 heteroatoms. The molecule has 3 atom stereocenters. The zero-order valence-electron chi connectivity index (χ0n) is 20.7. The molecule has 0 radical (unpaired) electrons. The number of esters is 1. The third-order valence-electron chi connectivity index (χ3n) is 5.47. The summed E-state index contributed by atoms with van der Waals surface area (Å²) in [6.45, 7) is -1.38. The number of β-lactam (4-membered cyclic amide) rings is 1. The molecule has 206 valence electrons. The lowest BCUT2D eigenvalue weighted by Crippen LogP contribution is -2.61. The van der Waals surface area contributed by atoms with E-state index in [9.17, 15) is 24.3 Å². The third kappa shape index (κ3) is 6.80. The van der Waals surface area contributed by atoms with Crippen LogP contribution >= 0.6 is 30.0 Å². The van der Waals surface area contributed by atoms with Gasteiger partial charge in [0.15, 0.2) is 11.7 Å². The lowest BCUT2D eigenvalue weighted by molar-refractivity contribution is -0.384. The second-order valence-corrected chi connectivity index (χ2v) is 11.9. The van der Waals surface area contributed by atoms with Crippen molar-refractivity contribution in [1.82, 2.24) is 4.90 Å². The third-order valence-corrected chi connectivity index (χ3v) is 8.24. The highest BCUT2D eigenvalue weighted by molar-refractivity contribution is 8.15. The van der Waals surface area contributed by atoms with Gasteiger partial charge >= 0.3 is 12.9 Å². The number of carbonyl (C=O) groups is 2. The number of likely N-dealkylation sites (tertiary alicyclic amines) is 1. The first-order valence-corrected chi connectivity index (χ1v) is 14.9. The number of aliphatic imine (C=N–C) groups is 1. The van der Waals surface area contributed by atoms with E-state index < -0.39 is 35.2 Å². The van der Waals surface area contributed by atoms with Crippen LogP contribution in [-0.4, -0.2) is 51.4 Å². The van der Waals surface area contributed by atoms with Gasteiger partial charge in [-0.2, -0.15) is 0 Å². The molecule has 2 aromatic carbocycles. The molecule has 4 rings (SSSR count). The number of ether oxygens (including phenoxy) is 2. The average Bonchev–Trinajstić information content (AvgIpc) is 3.28. The Balaban J connectivity index is 1.51. The summed E-state index contributed by atoms with van der Waals surface area (Å²) in [5.41, 5.74) is 0.0406. The van der Waals surface area contributed by atoms with E-state index in [1.165, 1.54) is 43.0 Å². The minimum Gasteiger partial charge on any atom is -0.487 e. The number of fused-ring (bicyclic) bond motifs is 1. The summed E-state index contributed by atoms with van der Waals surface area (Å²) in [6.07, 6.45) is 0. The van der Waals surface area contributed by atoms with Gasteiger partial charge in [-0.3, -0.25) is 29.3 Å². The number of hydrogen-bond acceptors (Lipinski definition) is 11. The Hall–Kier alpha value is -3.38. The van der Waals surface area contributed by atoms with Gasteiger partial charge in [0.05, 0.1) is 11.5 Å². The Kier molecular flexibility index (Phi) is 8.96. The predicted octanol–water partition coefficient (Wildman–Crippen LogP) is 5.03. The summed E-state index contributed by atoms with van der Waals surface area (Å²) < 4.78 is 33.8. The summed E-state index contributed by atoms with van der Waals surface area (Å²) in [4.78, 5) is 42.2. The smallest absolute Gasteiger partial charge is 0.476 e. The van der Waals surface area contributed by atoms with Gasteiger partial charge in [-0.25, -0.2) is 9.36 Å². The van der Waals surface area contributed by atoms with Gasteiger partial charge in [0.2, 0.25) is 0 Å². The molecular formula is C24H23ClN3O9PS. The number of nitro groups is 1. The van der Waals surface area contributed by atoms with Crippen LogP contribution in [0.5, 0.6) is 5.75 Å². The Morgan fingerprint density at radius 2 is 1.87 bits per heavy atom. The van der Waals surface area contributed by atoms with E-state index in [0.29, 0.717) is 16.4 Å². The maximum atomic E-state index is 13.2. The number of amides is 1. The van der Waals surface area contributed by atoms with Gasteiger partial charge in [-0.15, -0.1) is 0 Å². The van der Waals surface area contributed by atoms with Gasteiger partial charge in [0, 0.05) is 23.4 Å². The number of rotatable bonds is 12. The van der Waals surface area contributed by atoms with Crippen LogP contribution < -0.4 is 4.74 Å². The molecule has 2 aliphatic heterocycles. The van der Waals surface area contributed by atoms with Gasteiger partial charge in [-0.1, -0.05) is 30.0 Å². The van der Waals surface area contributed by atoms with E-state index in [0.717, 1.165) is 4.90 Å². The lowest BCUT2D eigenvalue weighted by Gasteiger charge is -2.41. The van der Waals surface area contributed by atoms with E-state index >= 15 is 0 Å². The minimum absolute atomic E-state index is 0.0181. The summed E-state index contributed by atoms with van der Waals surface area (Å²) in [5, 5.41) is 10.8. The quantitative estimate of drug-likeness (QED) is 0.0622. The Labute approximate surface area is 232 Å². The van der Waals surface area contributed by atoms with Crippen LogP contribution in [0, 0.1) is 10.1 Å². The SMILES string of the molecule is CCOP(=O)(Cl)OC(C)=C(C(=O)OCc1ccc([N+](=O)[O-])cc1)N1C(=O)C2N=C(COc3ccccc3)SC21. The summed E-state index contributed by atoms with van der Waals surface area (Å²) in [5.74, 6) is -1.05. The average molecular weight is 596 g/mol. The van der Waals surface area contributed by atoms with Gasteiger partial charge in [-0.05, 0) is 43.7 Å². The van der Waals surface area contributed by atoms with Gasteiger partial charge in [0.25, 0.3) is 11.6 Å². The van der Waals surface area contributed by atoms with Crippen LogP contribution in [-0.2, 0) is 34.5 Å². The van der Waals surface area contributed by atoms with Crippen LogP contribution in [0.4, 0.5) is 5.69 Å². The zero-order valence-corrected chi connectivity index (χ0v) is 23.2. The largest absolute Gasteiger partial charge is 0.487 e. The van der Waals surface area contributed by atoms with Crippen molar-refractivity contribution in [1.29, 1.82) is 0 Å². The van der Waals surface area contributed by atoms with E-state index in [4.69, 9.17) is 29.8 Å². The highest BCUT2D eigenvalue weighted by Crippen LogP contribution is 2.56. The molecule has 39 heavy (non-hydrogen) atoms. The number of para-hydroxylation sites is 1. The molecule has 0 aliphatic carbocycles. The highest BCUT2D eigenvalue weighted by atomic mass is 35.7. The van der Waals surface area contributed by atoms with E-state index in [1.54, 1.807) is 19.1 Å². The van der Waals surface area contributed by atoms with Crippen molar-refractivity contribution in [2.45, 2.75) is 31.9 Å². The topological polar surface area (TPSA) is 147 Å². The van der Waals surface area contributed by atoms with Crippen LogP contribution in [0.25, 0.3) is 0 Å². The first-order chi connectivity index (χ1) is 18.6. The normalized spacial score (nSPS) is 20.1. The van der Waals surface area contributed by atoms with Crippen LogP contribution in [0.15, 0.2) is 71.0 Å². The number of thioether (sulfide) groups is 1. The Morgan fingerprint density at radius 1 is 1.18 bits per heavy atom. The molecule has 12 nitrogen and oxygen atoms in total. The fraction of sp³-hybridized carbons (Fsp3) is 0.292. The van der Waals surface area contributed by atoms with E-state index in [1.807, 2.05) is 18.2 Å². The number of carbonyl (C=O) groups excluding carboxylic acids is 2. The van der Waals surface area contributed by atoms with Crippen LogP contribution in [0.1, 0.15) is 19.4 Å². The molecule has 2 heterocycles. The number of benzene rings is 2. The fourth-order valence-electron chi connectivity index (χ4n) is 3.71. The van der Waals surface area contributed by atoms with Crippen molar-refractivity contribution in [2.75, 3.05) is 13.2 Å². The molecular weight excluding hydrogens is 573 g/mol. The van der Waals surface area contributed by atoms with Crippen molar-refractivity contribution in [3.63, 3.8) is 0 Å². The summed E-state index contributed by atoms with van der Waals surface area (Å²) in [6, 6.07) is 13.8. The number of halogens is 1. The Morgan fingerprint density at radius 3 is 2.51 bits per heavy atom. The number of non-ortho nitro benzene ring substituents is 1. The number of nitro benzene ring substituents is 1. The molecule has 1 saturated heterocycles. The van der Waals surface area contributed by atoms with Gasteiger partial charge < -0.3 is 14.0 Å². The second kappa shape index (κ2) is 12.2. The number of nitrogens with zero attached hydrogens (tertiary/aromatic N) is 3. The van der Waals surface area contributed by atoms with Crippen molar-refractivity contribution in [2.24, 2.45) is 4.99 Å². The minimum atomic E-state index is -4.12. The maximum absolute atomic E-state index is 13.2. The molecule has 0 aromatic heterocycles. The number of allylic oxidation sites excluding steroid dienone is 1. The monoisotopic (exact) mass is 595 g/mol. The standard InChI is InChI=1S/C24H23ClN3O9PS/c1-3-36-38(25,33)37-15(2)21(24(30)35-13-16-9-11-17(12-10-16)28(31)32)27-22(29)20-23(27)39-19(26-20)14-34-18-7-5-4-6-8-18/h4-12,20,23H,3,13-14H2,1-2H3. The Bertz CT molecular complexity index is 1370. The second-order valence-electron chi connectivity index (χ2n) is 8.13. The van der Waals surface area contributed by atoms with Crippen molar-refractivity contribution in [3.8, 4) is 5.75 Å². The first-order valence-electron chi connectivity index (χ1n) is 11.6. The summed E-state index contributed by atoms with van der Waals surface area (Å²) in [7, 11) is 0. The molecule has 2 aromatic rings. The van der Waals surface area contributed by atoms with Crippen LogP contribution in [0.2, 0.25) is 0 Å². The molecule has 1 fully saturated rings. The molecule has 2 aliphatic rings. The van der Waals surface area contributed by atoms with Crippen molar-refractivity contribution >= 4 is 52.6 Å². The first kappa shape index (κ1) is 28.6. The van der Waals surface area contributed by atoms with Crippen molar-refractivity contribution in [3.05, 3.63) is 81.7 Å². The zero-order chi connectivity index (χ0) is 28.2. The molecule has 0 bridgehead atoms. The molecule has 0 spiro atoms. The van der Waals surface area contributed by atoms with Crippen LogP contribution in [0.3, 0.4) is 0 Å². The molecule has 0 N–H and O–H groups in total. The lowest BCUT2D eigenvalue weighted by atomic mass is 10.1. The maximum Gasteiger partial charge on any atom is 0.476 e. The highest BCUT2D eigenvalue weighted by Gasteiger charge is 2.56. The summed E-state index contributed by atoms with van der Waals surface area (Å²) >= 11 is 7.09. The van der Waals surface area contributed by atoms with E-state index in [2.05, 4.69) is 4.99 Å². The van der Waals surface area contributed by atoms with Crippen molar-refractivity contribution < 1.29 is 37.6 Å². The van der Waals surface area contributed by atoms with Gasteiger partial charge in [0.1, 0.15) is 35.1 Å². The number of hydrogen-bond donors (Lipinski definition) is 0. The molecule has 3 unspecified atom stereocenters. The van der Waals surface area contributed by atoms with E-state index in [-0.39, 0.29) is 37.0 Å². The fourth-order valence-corrected chi connectivity index (χ4v) is 6.29. The molecule has 1 amide bonds. The predicted molar refractivity (Wildman–Crippen MR) is 143 cm³/mol. The molecule has 0 saturated carbocycles.